The summed E-state index contributed by atoms with van der Waals surface area (Å²) in [5.41, 5.74) is 1.22. The molecule has 1 fully saturated rings. The molecule has 8 heteroatoms. The van der Waals surface area contributed by atoms with Crippen molar-refractivity contribution >= 4 is 22.6 Å². The molecule has 2 aromatic carbocycles. The van der Waals surface area contributed by atoms with Gasteiger partial charge in [0.2, 0.25) is 0 Å². The summed E-state index contributed by atoms with van der Waals surface area (Å²) in [5.74, 6) is 0.924. The monoisotopic (exact) mass is 441 g/mol. The molecule has 0 atom stereocenters. The van der Waals surface area contributed by atoms with Crippen LogP contribution in [0.4, 0.5) is 5.82 Å². The summed E-state index contributed by atoms with van der Waals surface area (Å²) in [6.45, 7) is 3.05. The molecule has 0 saturated carbocycles. The molecule has 0 aliphatic carbocycles. The van der Waals surface area contributed by atoms with Gasteiger partial charge in [0.25, 0.3) is 11.5 Å². The molecule has 0 unspecified atom stereocenters. The quantitative estimate of drug-likeness (QED) is 0.524. The van der Waals surface area contributed by atoms with Gasteiger partial charge in [-0.25, -0.2) is 9.78 Å². The predicted molar refractivity (Wildman–Crippen MR) is 127 cm³/mol. The third kappa shape index (κ3) is 4.15. The van der Waals surface area contributed by atoms with E-state index >= 15 is 0 Å². The molecule has 0 radical (unpaired) electrons. The van der Waals surface area contributed by atoms with E-state index in [0.717, 1.165) is 24.5 Å². The fraction of sp³-hybridized carbons (Fsp3) is 0.200. The first-order valence-corrected chi connectivity index (χ1v) is 10.9. The maximum Gasteiger partial charge on any atom is 0.329 e. The van der Waals surface area contributed by atoms with Crippen LogP contribution in [0.5, 0.6) is 0 Å². The molecular formula is C25H23N5O3. The topological polar surface area (TPSA) is 91.3 Å². The van der Waals surface area contributed by atoms with Crippen LogP contribution in [-0.4, -0.2) is 51.5 Å². The van der Waals surface area contributed by atoms with Crippen molar-refractivity contribution in [1.82, 2.24) is 19.4 Å². The maximum absolute atomic E-state index is 13.0. The van der Waals surface area contributed by atoms with Crippen molar-refractivity contribution in [3.05, 3.63) is 105 Å². The van der Waals surface area contributed by atoms with Crippen LogP contribution < -0.4 is 16.1 Å². The number of nitrogens with zero attached hydrogens (tertiary/aromatic N) is 4. The molecule has 1 amide bonds. The van der Waals surface area contributed by atoms with Crippen molar-refractivity contribution < 1.29 is 4.79 Å². The number of piperazine rings is 1. The molecule has 0 bridgehead atoms. The van der Waals surface area contributed by atoms with Gasteiger partial charge in [0.1, 0.15) is 5.82 Å². The Kier molecular flexibility index (Phi) is 5.48. The number of amides is 1. The van der Waals surface area contributed by atoms with Gasteiger partial charge in [-0.15, -0.1) is 0 Å². The Morgan fingerprint density at radius 1 is 0.879 bits per heavy atom. The molecule has 1 N–H and O–H groups in total. The van der Waals surface area contributed by atoms with Gasteiger partial charge in [-0.3, -0.25) is 19.1 Å². The van der Waals surface area contributed by atoms with Gasteiger partial charge in [-0.2, -0.15) is 0 Å². The van der Waals surface area contributed by atoms with E-state index in [2.05, 4.69) is 14.9 Å². The lowest BCUT2D eigenvalue weighted by Gasteiger charge is -2.35. The number of hydrogen-bond donors (Lipinski definition) is 1. The molecule has 5 rings (SSSR count). The summed E-state index contributed by atoms with van der Waals surface area (Å²) in [5, 5.41) is 0.466. The maximum atomic E-state index is 13.0. The van der Waals surface area contributed by atoms with Gasteiger partial charge in [0.15, 0.2) is 0 Å². The highest BCUT2D eigenvalue weighted by molar-refractivity contribution is 5.94. The summed E-state index contributed by atoms with van der Waals surface area (Å²) < 4.78 is 1.53. The van der Waals surface area contributed by atoms with Gasteiger partial charge >= 0.3 is 5.69 Å². The van der Waals surface area contributed by atoms with Gasteiger partial charge < -0.3 is 9.80 Å². The average Bonchev–Trinajstić information content (AvgIpc) is 2.87. The van der Waals surface area contributed by atoms with Crippen LogP contribution in [0, 0.1) is 0 Å². The van der Waals surface area contributed by atoms with Crippen LogP contribution in [0.15, 0.2) is 82.5 Å². The number of rotatable bonds is 4. The van der Waals surface area contributed by atoms with Crippen LogP contribution in [0.3, 0.4) is 0 Å². The normalized spacial score (nSPS) is 13.9. The van der Waals surface area contributed by atoms with Gasteiger partial charge in [-0.1, -0.05) is 30.3 Å². The standard InChI is InChI=1S/C25H23N5O3/c31-23-20-5-1-2-6-21(20)30(25(33)27-23)17-18-8-10-19(11-9-18)24(32)29-15-13-28(14-16-29)22-7-3-4-12-26-22/h1-12H,13-17H2,(H,27,31,33). The Labute approximate surface area is 189 Å². The number of H-pyrrole nitrogens is 1. The van der Waals surface area contributed by atoms with Gasteiger partial charge in [-0.05, 0) is 42.0 Å². The highest BCUT2D eigenvalue weighted by atomic mass is 16.2. The fourth-order valence-electron chi connectivity index (χ4n) is 4.20. The molecule has 1 aliphatic rings. The zero-order chi connectivity index (χ0) is 22.8. The van der Waals surface area contributed by atoms with E-state index in [9.17, 15) is 14.4 Å². The molecule has 166 valence electrons. The Hall–Kier alpha value is -4.20. The molecule has 1 saturated heterocycles. The second-order valence-corrected chi connectivity index (χ2v) is 8.03. The molecule has 4 aromatic rings. The second-order valence-electron chi connectivity index (χ2n) is 8.03. The summed E-state index contributed by atoms with van der Waals surface area (Å²) in [6.07, 6.45) is 1.78. The first-order chi connectivity index (χ1) is 16.1. The SMILES string of the molecule is O=C(c1ccc(Cn2c(=O)[nH]c(=O)c3ccccc32)cc1)N1CCN(c2ccccn2)CC1. The van der Waals surface area contributed by atoms with E-state index in [0.29, 0.717) is 36.1 Å². The highest BCUT2D eigenvalue weighted by Gasteiger charge is 2.22. The molecule has 1 aliphatic heterocycles. The van der Waals surface area contributed by atoms with Crippen LogP contribution in [0.25, 0.3) is 10.9 Å². The van der Waals surface area contributed by atoms with Crippen molar-refractivity contribution in [2.45, 2.75) is 6.54 Å². The first kappa shape index (κ1) is 20.7. The lowest BCUT2D eigenvalue weighted by molar-refractivity contribution is 0.0746. The Morgan fingerprint density at radius 3 is 2.33 bits per heavy atom. The van der Waals surface area contributed by atoms with Crippen molar-refractivity contribution in [3.63, 3.8) is 0 Å². The largest absolute Gasteiger partial charge is 0.353 e. The number of anilines is 1. The number of aromatic nitrogens is 3. The second kappa shape index (κ2) is 8.74. The summed E-state index contributed by atoms with van der Waals surface area (Å²) in [6, 6.07) is 20.1. The van der Waals surface area contributed by atoms with E-state index < -0.39 is 11.2 Å². The van der Waals surface area contributed by atoms with Crippen LogP contribution >= 0.6 is 0 Å². The minimum atomic E-state index is -0.454. The van der Waals surface area contributed by atoms with E-state index in [4.69, 9.17) is 0 Å². The number of carbonyl (C=O) groups excluding carboxylic acids is 1. The summed E-state index contributed by atoms with van der Waals surface area (Å²) in [7, 11) is 0. The lowest BCUT2D eigenvalue weighted by atomic mass is 10.1. The third-order valence-electron chi connectivity index (χ3n) is 5.99. The number of aromatic amines is 1. The number of para-hydroxylation sites is 1. The number of carbonyl (C=O) groups is 1. The third-order valence-corrected chi connectivity index (χ3v) is 5.99. The first-order valence-electron chi connectivity index (χ1n) is 10.9. The van der Waals surface area contributed by atoms with E-state index in [1.165, 1.54) is 4.57 Å². The number of hydrogen-bond acceptors (Lipinski definition) is 5. The molecule has 8 nitrogen and oxygen atoms in total. The van der Waals surface area contributed by atoms with Gasteiger partial charge in [0.05, 0.1) is 17.4 Å². The van der Waals surface area contributed by atoms with E-state index in [-0.39, 0.29) is 5.91 Å². The molecule has 3 heterocycles. The van der Waals surface area contributed by atoms with Crippen LogP contribution in [-0.2, 0) is 6.54 Å². The average molecular weight is 441 g/mol. The molecule has 2 aromatic heterocycles. The minimum absolute atomic E-state index is 0.00567. The highest BCUT2D eigenvalue weighted by Crippen LogP contribution is 2.16. The zero-order valence-electron chi connectivity index (χ0n) is 18.0. The predicted octanol–water partition coefficient (Wildman–Crippen LogP) is 2.10. The smallest absolute Gasteiger partial charge is 0.329 e. The summed E-state index contributed by atoms with van der Waals surface area (Å²) in [4.78, 5) is 48.2. The van der Waals surface area contributed by atoms with Crippen LogP contribution in [0.2, 0.25) is 0 Å². The Morgan fingerprint density at radius 2 is 1.61 bits per heavy atom. The fourth-order valence-corrected chi connectivity index (χ4v) is 4.20. The van der Waals surface area contributed by atoms with E-state index in [1.807, 2.05) is 35.2 Å². The van der Waals surface area contributed by atoms with Crippen molar-refractivity contribution in [1.29, 1.82) is 0 Å². The number of fused-ring (bicyclic) bond motifs is 1. The molecule has 33 heavy (non-hydrogen) atoms. The number of pyridine rings is 1. The minimum Gasteiger partial charge on any atom is -0.353 e. The van der Waals surface area contributed by atoms with Crippen molar-refractivity contribution in [3.8, 4) is 0 Å². The lowest BCUT2D eigenvalue weighted by Crippen LogP contribution is -2.49. The van der Waals surface area contributed by atoms with Crippen molar-refractivity contribution in [2.75, 3.05) is 31.1 Å². The zero-order valence-corrected chi connectivity index (χ0v) is 18.0. The molecular weight excluding hydrogens is 418 g/mol. The number of nitrogens with one attached hydrogen (secondary N) is 1. The van der Waals surface area contributed by atoms with E-state index in [1.54, 1.807) is 42.6 Å². The van der Waals surface area contributed by atoms with Crippen molar-refractivity contribution in [2.24, 2.45) is 0 Å². The Balaban J connectivity index is 1.29. The molecule has 0 spiro atoms. The Bertz CT molecular complexity index is 1400. The van der Waals surface area contributed by atoms with Gasteiger partial charge in [0, 0.05) is 37.9 Å². The van der Waals surface area contributed by atoms with Crippen LogP contribution in [0.1, 0.15) is 15.9 Å². The number of benzene rings is 2. The summed E-state index contributed by atoms with van der Waals surface area (Å²) >= 11 is 0.